The Morgan fingerprint density at radius 2 is 2.11 bits per heavy atom. The fraction of sp³-hybridized carbons (Fsp3) is 0.316. The summed E-state index contributed by atoms with van der Waals surface area (Å²) in [6.07, 6.45) is 15.4. The molecule has 0 aromatic carbocycles. The molecule has 0 aliphatic heterocycles. The van der Waals surface area contributed by atoms with Crippen molar-refractivity contribution in [2.75, 3.05) is 0 Å². The summed E-state index contributed by atoms with van der Waals surface area (Å²) in [5.41, 5.74) is 3.64. The van der Waals surface area contributed by atoms with Crippen LogP contribution in [0.4, 0.5) is 0 Å². The van der Waals surface area contributed by atoms with Gasteiger partial charge in [0.15, 0.2) is 11.3 Å². The van der Waals surface area contributed by atoms with Crippen LogP contribution in [0.2, 0.25) is 0 Å². The maximum atomic E-state index is 12.5. The lowest BCUT2D eigenvalue weighted by atomic mass is 10.2. The van der Waals surface area contributed by atoms with E-state index in [2.05, 4.69) is 29.8 Å². The van der Waals surface area contributed by atoms with E-state index in [1.54, 1.807) is 24.7 Å². The van der Waals surface area contributed by atoms with Crippen LogP contribution in [0.15, 0.2) is 43.4 Å². The van der Waals surface area contributed by atoms with Gasteiger partial charge in [-0.15, -0.1) is 0 Å². The van der Waals surface area contributed by atoms with E-state index >= 15 is 0 Å². The van der Waals surface area contributed by atoms with E-state index in [4.69, 9.17) is 0 Å². The van der Waals surface area contributed by atoms with Crippen LogP contribution in [0.5, 0.6) is 0 Å². The highest BCUT2D eigenvalue weighted by atomic mass is 16.1. The number of hydrogen-bond acceptors (Lipinski definition) is 5. The predicted octanol–water partition coefficient (Wildman–Crippen LogP) is 2.52. The molecule has 1 fully saturated rings. The Labute approximate surface area is 155 Å². The highest BCUT2D eigenvalue weighted by Crippen LogP contribution is 2.31. The molecule has 0 unspecified atom stereocenters. The molecule has 27 heavy (non-hydrogen) atoms. The van der Waals surface area contributed by atoms with Gasteiger partial charge in [-0.3, -0.25) is 9.78 Å². The van der Waals surface area contributed by atoms with Crippen molar-refractivity contribution in [3.05, 3.63) is 54.6 Å². The number of nitrogens with one attached hydrogen (secondary N) is 1. The minimum Gasteiger partial charge on any atom is -0.346 e. The summed E-state index contributed by atoms with van der Waals surface area (Å²) in [7, 11) is 0. The number of fused-ring (bicyclic) bond motifs is 2. The van der Waals surface area contributed by atoms with Gasteiger partial charge in [-0.2, -0.15) is 0 Å². The SMILES string of the molecule is O=C(NCc1cn2ccncc2n1)c1cnc2c(c1)ncn2C1CCCC1. The van der Waals surface area contributed by atoms with E-state index in [0.29, 0.717) is 18.2 Å². The van der Waals surface area contributed by atoms with Crippen molar-refractivity contribution >= 4 is 22.7 Å². The Bertz CT molecular complexity index is 1090. The van der Waals surface area contributed by atoms with E-state index in [-0.39, 0.29) is 5.91 Å². The topological polar surface area (TPSA) is 90.0 Å². The maximum absolute atomic E-state index is 12.5. The average molecular weight is 361 g/mol. The van der Waals surface area contributed by atoms with Crippen molar-refractivity contribution in [1.82, 2.24) is 34.2 Å². The van der Waals surface area contributed by atoms with Gasteiger partial charge in [0.2, 0.25) is 0 Å². The number of amides is 1. The van der Waals surface area contributed by atoms with E-state index in [1.165, 1.54) is 25.7 Å². The average Bonchev–Trinajstić information content (AvgIpc) is 3.43. The zero-order chi connectivity index (χ0) is 18.2. The van der Waals surface area contributed by atoms with E-state index < -0.39 is 0 Å². The van der Waals surface area contributed by atoms with Crippen molar-refractivity contribution in [2.24, 2.45) is 0 Å². The van der Waals surface area contributed by atoms with Crippen LogP contribution in [0, 0.1) is 0 Å². The van der Waals surface area contributed by atoms with Crippen molar-refractivity contribution in [3.63, 3.8) is 0 Å². The highest BCUT2D eigenvalue weighted by molar-refractivity contribution is 5.96. The summed E-state index contributed by atoms with van der Waals surface area (Å²) >= 11 is 0. The van der Waals surface area contributed by atoms with Gasteiger partial charge >= 0.3 is 0 Å². The molecule has 8 heteroatoms. The molecule has 1 aliphatic carbocycles. The van der Waals surface area contributed by atoms with Crippen LogP contribution in [0.3, 0.4) is 0 Å². The lowest BCUT2D eigenvalue weighted by Gasteiger charge is -2.11. The minimum atomic E-state index is -0.185. The van der Waals surface area contributed by atoms with Crippen LogP contribution in [0.25, 0.3) is 16.8 Å². The fourth-order valence-corrected chi connectivity index (χ4v) is 3.75. The monoisotopic (exact) mass is 361 g/mol. The second-order valence-electron chi connectivity index (χ2n) is 6.91. The van der Waals surface area contributed by atoms with Crippen LogP contribution < -0.4 is 5.32 Å². The van der Waals surface area contributed by atoms with Gasteiger partial charge in [0.1, 0.15) is 5.52 Å². The molecule has 0 atom stereocenters. The third-order valence-electron chi connectivity index (χ3n) is 5.14. The van der Waals surface area contributed by atoms with Gasteiger partial charge < -0.3 is 14.3 Å². The Morgan fingerprint density at radius 1 is 1.22 bits per heavy atom. The molecule has 8 nitrogen and oxygen atoms in total. The second kappa shape index (κ2) is 6.46. The fourth-order valence-electron chi connectivity index (χ4n) is 3.75. The summed E-state index contributed by atoms with van der Waals surface area (Å²) < 4.78 is 4.02. The third kappa shape index (κ3) is 2.92. The third-order valence-corrected chi connectivity index (χ3v) is 5.14. The molecule has 1 amide bonds. The lowest BCUT2D eigenvalue weighted by molar-refractivity contribution is 0.0950. The van der Waals surface area contributed by atoms with Gasteiger partial charge in [-0.1, -0.05) is 12.8 Å². The van der Waals surface area contributed by atoms with Crippen molar-refractivity contribution in [2.45, 2.75) is 38.3 Å². The summed E-state index contributed by atoms with van der Waals surface area (Å²) in [6.45, 7) is 0.342. The standard InChI is InChI=1S/C19H19N7O/c27-19(22-9-14-11-25-6-5-20-10-17(25)24-14)13-7-16-18(21-8-13)26(12-23-16)15-3-1-2-4-15/h5-8,10-12,15H,1-4,9H2,(H,22,27). The van der Waals surface area contributed by atoms with Gasteiger partial charge in [0, 0.05) is 30.8 Å². The van der Waals surface area contributed by atoms with E-state index in [0.717, 1.165) is 22.5 Å². The molecule has 1 aliphatic rings. The molecule has 136 valence electrons. The first-order valence-electron chi connectivity index (χ1n) is 9.16. The molecule has 0 bridgehead atoms. The molecular formula is C19H19N7O. The number of aromatic nitrogens is 6. The summed E-state index contributed by atoms with van der Waals surface area (Å²) in [4.78, 5) is 29.9. The number of carbonyl (C=O) groups excluding carboxylic acids is 1. The number of rotatable bonds is 4. The van der Waals surface area contributed by atoms with Crippen molar-refractivity contribution in [3.8, 4) is 0 Å². The van der Waals surface area contributed by atoms with Crippen molar-refractivity contribution in [1.29, 1.82) is 0 Å². The molecular weight excluding hydrogens is 342 g/mol. The summed E-state index contributed by atoms with van der Waals surface area (Å²) in [6, 6.07) is 2.28. The smallest absolute Gasteiger partial charge is 0.253 e. The Morgan fingerprint density at radius 3 is 2.96 bits per heavy atom. The number of carbonyl (C=O) groups is 1. The van der Waals surface area contributed by atoms with Gasteiger partial charge in [-0.05, 0) is 18.9 Å². The predicted molar refractivity (Wildman–Crippen MR) is 99.2 cm³/mol. The zero-order valence-electron chi connectivity index (χ0n) is 14.7. The summed E-state index contributed by atoms with van der Waals surface area (Å²) in [5, 5.41) is 2.89. The Hall–Kier alpha value is -3.29. The normalized spacial score (nSPS) is 15.0. The molecule has 0 radical (unpaired) electrons. The molecule has 4 aromatic rings. The number of nitrogens with zero attached hydrogens (tertiary/aromatic N) is 6. The van der Waals surface area contributed by atoms with E-state index in [9.17, 15) is 4.79 Å². The number of imidazole rings is 2. The molecule has 4 aromatic heterocycles. The Kier molecular flexibility index (Phi) is 3.81. The zero-order valence-corrected chi connectivity index (χ0v) is 14.7. The molecule has 5 rings (SSSR count). The lowest BCUT2D eigenvalue weighted by Crippen LogP contribution is -2.23. The minimum absolute atomic E-state index is 0.185. The molecule has 0 spiro atoms. The van der Waals surface area contributed by atoms with E-state index in [1.807, 2.05) is 23.1 Å². The first kappa shape index (κ1) is 15.9. The number of pyridine rings is 1. The van der Waals surface area contributed by atoms with Crippen LogP contribution in [-0.2, 0) is 6.54 Å². The van der Waals surface area contributed by atoms with Crippen LogP contribution >= 0.6 is 0 Å². The molecule has 1 saturated carbocycles. The first-order chi connectivity index (χ1) is 13.3. The molecule has 0 saturated heterocycles. The first-order valence-corrected chi connectivity index (χ1v) is 9.16. The quantitative estimate of drug-likeness (QED) is 0.603. The van der Waals surface area contributed by atoms with Gasteiger partial charge in [0.25, 0.3) is 5.91 Å². The van der Waals surface area contributed by atoms with Gasteiger partial charge in [-0.25, -0.2) is 15.0 Å². The summed E-state index contributed by atoms with van der Waals surface area (Å²) in [5.74, 6) is -0.185. The van der Waals surface area contributed by atoms with Crippen LogP contribution in [-0.4, -0.2) is 34.8 Å². The molecule has 1 N–H and O–H groups in total. The Balaban J connectivity index is 1.32. The largest absolute Gasteiger partial charge is 0.346 e. The van der Waals surface area contributed by atoms with Crippen LogP contribution in [0.1, 0.15) is 47.8 Å². The van der Waals surface area contributed by atoms with Gasteiger partial charge in [0.05, 0.1) is 30.3 Å². The van der Waals surface area contributed by atoms with Crippen molar-refractivity contribution < 1.29 is 4.79 Å². The number of hydrogen-bond donors (Lipinski definition) is 1. The highest BCUT2D eigenvalue weighted by Gasteiger charge is 2.20. The maximum Gasteiger partial charge on any atom is 0.253 e. The second-order valence-corrected chi connectivity index (χ2v) is 6.91. The molecule has 4 heterocycles.